The number of ether oxygens (including phenoxy) is 1. The monoisotopic (exact) mass is 268 g/mol. The van der Waals surface area contributed by atoms with Gasteiger partial charge in [0.05, 0.1) is 6.54 Å². The fraction of sp³-hybridized carbons (Fsp3) is 0.188. The van der Waals surface area contributed by atoms with Gasteiger partial charge in [0, 0.05) is 17.1 Å². The van der Waals surface area contributed by atoms with Crippen LogP contribution in [0.1, 0.15) is 5.69 Å². The number of hydrogen-bond donors (Lipinski definition) is 1. The summed E-state index contributed by atoms with van der Waals surface area (Å²) in [5.41, 5.74) is 0.837. The first-order valence-electron chi connectivity index (χ1n) is 6.61. The maximum absolute atomic E-state index is 11.6. The molecule has 4 heteroatoms. The van der Waals surface area contributed by atoms with Crippen LogP contribution in [0.15, 0.2) is 53.3 Å². The van der Waals surface area contributed by atoms with Crippen molar-refractivity contribution in [3.05, 3.63) is 64.6 Å². The number of aromatic amines is 1. The van der Waals surface area contributed by atoms with Crippen molar-refractivity contribution >= 4 is 10.8 Å². The zero-order valence-electron chi connectivity index (χ0n) is 11.3. The Balaban J connectivity index is 1.74. The van der Waals surface area contributed by atoms with Gasteiger partial charge in [-0.15, -0.1) is 0 Å². The number of nitrogens with one attached hydrogen (secondary N) is 1. The Kier molecular flexibility index (Phi) is 3.29. The molecule has 1 heterocycles. The van der Waals surface area contributed by atoms with Gasteiger partial charge in [-0.25, -0.2) is 4.68 Å². The first-order chi connectivity index (χ1) is 9.74. The topological polar surface area (TPSA) is 47.0 Å². The summed E-state index contributed by atoms with van der Waals surface area (Å²) in [5, 5.41) is 5.23. The Morgan fingerprint density at radius 1 is 1.15 bits per heavy atom. The highest BCUT2D eigenvalue weighted by atomic mass is 16.5. The maximum Gasteiger partial charge on any atom is 0.266 e. The second-order valence-electron chi connectivity index (χ2n) is 4.75. The van der Waals surface area contributed by atoms with Crippen LogP contribution in [0.2, 0.25) is 0 Å². The molecule has 0 fully saturated rings. The summed E-state index contributed by atoms with van der Waals surface area (Å²) in [6, 6.07) is 15.7. The molecular formula is C16H16N2O2. The fourth-order valence-electron chi connectivity index (χ4n) is 2.30. The lowest BCUT2D eigenvalue weighted by molar-refractivity contribution is 0.292. The normalized spacial score (nSPS) is 10.8. The van der Waals surface area contributed by atoms with Crippen molar-refractivity contribution in [1.82, 2.24) is 9.78 Å². The maximum atomic E-state index is 11.6. The van der Waals surface area contributed by atoms with E-state index in [9.17, 15) is 4.79 Å². The first kappa shape index (κ1) is 12.5. The van der Waals surface area contributed by atoms with Crippen LogP contribution < -0.4 is 10.3 Å². The van der Waals surface area contributed by atoms with Gasteiger partial charge in [0.25, 0.3) is 5.56 Å². The highest BCUT2D eigenvalue weighted by Crippen LogP contribution is 2.24. The molecule has 0 atom stereocenters. The van der Waals surface area contributed by atoms with E-state index in [1.165, 1.54) is 0 Å². The first-order valence-corrected chi connectivity index (χ1v) is 6.61. The Hall–Kier alpha value is -2.49. The Morgan fingerprint density at radius 2 is 1.95 bits per heavy atom. The second-order valence-corrected chi connectivity index (χ2v) is 4.75. The third-order valence-electron chi connectivity index (χ3n) is 3.24. The number of nitrogens with zero attached hydrogens (tertiary/aromatic N) is 1. The third-order valence-corrected chi connectivity index (χ3v) is 3.24. The van der Waals surface area contributed by atoms with E-state index in [2.05, 4.69) is 17.2 Å². The summed E-state index contributed by atoms with van der Waals surface area (Å²) < 4.78 is 7.36. The minimum Gasteiger partial charge on any atom is -0.491 e. The molecule has 0 amide bonds. The molecule has 3 rings (SSSR count). The van der Waals surface area contributed by atoms with Crippen LogP contribution in [-0.4, -0.2) is 16.4 Å². The van der Waals surface area contributed by atoms with E-state index in [0.29, 0.717) is 13.2 Å². The minimum atomic E-state index is -0.0241. The van der Waals surface area contributed by atoms with E-state index >= 15 is 0 Å². The van der Waals surface area contributed by atoms with Crippen molar-refractivity contribution in [2.24, 2.45) is 0 Å². The van der Waals surface area contributed by atoms with Crippen molar-refractivity contribution in [2.45, 2.75) is 13.5 Å². The summed E-state index contributed by atoms with van der Waals surface area (Å²) in [6.45, 7) is 2.83. The molecule has 0 saturated heterocycles. The Bertz CT molecular complexity index is 781. The van der Waals surface area contributed by atoms with Gasteiger partial charge in [-0.2, -0.15) is 0 Å². The summed E-state index contributed by atoms with van der Waals surface area (Å²) in [5.74, 6) is 0.847. The van der Waals surface area contributed by atoms with Crippen LogP contribution in [0.3, 0.4) is 0 Å². The smallest absolute Gasteiger partial charge is 0.266 e. The summed E-state index contributed by atoms with van der Waals surface area (Å²) >= 11 is 0. The molecule has 2 aromatic carbocycles. The average Bonchev–Trinajstić information content (AvgIpc) is 2.77. The number of benzene rings is 2. The van der Waals surface area contributed by atoms with Crippen LogP contribution in [0.25, 0.3) is 10.8 Å². The molecule has 0 bridgehead atoms. The van der Waals surface area contributed by atoms with Crippen LogP contribution >= 0.6 is 0 Å². The highest BCUT2D eigenvalue weighted by molar-refractivity contribution is 5.88. The number of rotatable bonds is 4. The molecule has 1 N–H and O–H groups in total. The van der Waals surface area contributed by atoms with E-state index in [0.717, 1.165) is 22.2 Å². The van der Waals surface area contributed by atoms with Gasteiger partial charge >= 0.3 is 0 Å². The highest BCUT2D eigenvalue weighted by Gasteiger charge is 2.03. The Labute approximate surface area is 116 Å². The number of H-pyrrole nitrogens is 1. The van der Waals surface area contributed by atoms with E-state index in [-0.39, 0.29) is 5.56 Å². The summed E-state index contributed by atoms with van der Waals surface area (Å²) in [7, 11) is 0. The van der Waals surface area contributed by atoms with Crippen molar-refractivity contribution < 1.29 is 4.74 Å². The molecule has 0 unspecified atom stereocenters. The standard InChI is InChI=1S/C16H16N2O2/c1-12-11-16(19)18(17-12)9-10-20-15-8-4-6-13-5-2-3-7-14(13)15/h2-8,11,17H,9-10H2,1H3. The number of fused-ring (bicyclic) bond motifs is 1. The predicted octanol–water partition coefficient (Wildman–Crippen LogP) is 2.72. The molecule has 4 nitrogen and oxygen atoms in total. The molecular weight excluding hydrogens is 252 g/mol. The molecule has 102 valence electrons. The van der Waals surface area contributed by atoms with Crippen molar-refractivity contribution in [1.29, 1.82) is 0 Å². The molecule has 0 radical (unpaired) electrons. The van der Waals surface area contributed by atoms with Crippen molar-refractivity contribution in [3.8, 4) is 5.75 Å². The molecule has 20 heavy (non-hydrogen) atoms. The lowest BCUT2D eigenvalue weighted by Crippen LogP contribution is -2.20. The van der Waals surface area contributed by atoms with Crippen LogP contribution in [0.4, 0.5) is 0 Å². The Morgan fingerprint density at radius 3 is 2.75 bits per heavy atom. The van der Waals surface area contributed by atoms with Gasteiger partial charge in [-0.1, -0.05) is 36.4 Å². The van der Waals surface area contributed by atoms with Gasteiger partial charge in [-0.3, -0.25) is 9.89 Å². The van der Waals surface area contributed by atoms with Gasteiger partial charge in [0.15, 0.2) is 0 Å². The fourth-order valence-corrected chi connectivity index (χ4v) is 2.30. The van der Waals surface area contributed by atoms with E-state index in [1.807, 2.05) is 37.3 Å². The summed E-state index contributed by atoms with van der Waals surface area (Å²) in [6.07, 6.45) is 0. The number of aryl methyl sites for hydroxylation is 1. The molecule has 1 aromatic heterocycles. The van der Waals surface area contributed by atoms with Gasteiger partial charge in [-0.05, 0) is 18.4 Å². The van der Waals surface area contributed by atoms with Crippen LogP contribution in [0.5, 0.6) is 5.75 Å². The molecule has 0 aliphatic heterocycles. The largest absolute Gasteiger partial charge is 0.491 e. The zero-order chi connectivity index (χ0) is 13.9. The molecule has 0 saturated carbocycles. The quantitative estimate of drug-likeness (QED) is 0.791. The molecule has 3 aromatic rings. The zero-order valence-corrected chi connectivity index (χ0v) is 11.3. The van der Waals surface area contributed by atoms with Crippen molar-refractivity contribution in [3.63, 3.8) is 0 Å². The van der Waals surface area contributed by atoms with Crippen LogP contribution in [0, 0.1) is 6.92 Å². The second kappa shape index (κ2) is 5.25. The van der Waals surface area contributed by atoms with Crippen LogP contribution in [-0.2, 0) is 6.54 Å². The SMILES string of the molecule is Cc1cc(=O)n(CCOc2cccc3ccccc23)[nH]1. The lowest BCUT2D eigenvalue weighted by Gasteiger charge is -2.09. The summed E-state index contributed by atoms with van der Waals surface area (Å²) in [4.78, 5) is 11.6. The van der Waals surface area contributed by atoms with Crippen molar-refractivity contribution in [2.75, 3.05) is 6.61 Å². The average molecular weight is 268 g/mol. The third kappa shape index (κ3) is 2.45. The number of hydrogen-bond acceptors (Lipinski definition) is 2. The van der Waals surface area contributed by atoms with E-state index in [4.69, 9.17) is 4.74 Å². The minimum absolute atomic E-state index is 0.0241. The number of aromatic nitrogens is 2. The van der Waals surface area contributed by atoms with Gasteiger partial charge in [0.1, 0.15) is 12.4 Å². The molecule has 0 aliphatic rings. The van der Waals surface area contributed by atoms with E-state index in [1.54, 1.807) is 10.7 Å². The van der Waals surface area contributed by atoms with E-state index < -0.39 is 0 Å². The lowest BCUT2D eigenvalue weighted by atomic mass is 10.1. The predicted molar refractivity (Wildman–Crippen MR) is 79.2 cm³/mol. The molecule has 0 spiro atoms. The van der Waals surface area contributed by atoms with Gasteiger partial charge in [0.2, 0.25) is 0 Å². The molecule has 0 aliphatic carbocycles. The van der Waals surface area contributed by atoms with Gasteiger partial charge < -0.3 is 4.74 Å².